The molecule has 1 heterocycles. The molecule has 6 heteroatoms. The minimum Gasteiger partial charge on any atom is -0.381 e. The van der Waals surface area contributed by atoms with Gasteiger partial charge in [0.15, 0.2) is 0 Å². The van der Waals surface area contributed by atoms with Crippen LogP contribution >= 0.6 is 11.6 Å². The maximum Gasteiger partial charge on any atom is 0.251 e. The number of carbonyl (C=O) groups is 2. The Bertz CT molecular complexity index is 820. The Morgan fingerprint density at radius 1 is 1.11 bits per heavy atom. The molecule has 2 aromatic rings. The van der Waals surface area contributed by atoms with Crippen LogP contribution in [0.2, 0.25) is 5.02 Å². The Morgan fingerprint density at radius 3 is 2.50 bits per heavy atom. The minimum absolute atomic E-state index is 0.211. The Labute approximate surface area is 170 Å². The molecule has 1 aliphatic heterocycles. The van der Waals surface area contributed by atoms with Crippen LogP contribution < -0.4 is 10.6 Å². The quantitative estimate of drug-likeness (QED) is 0.781. The second-order valence-electron chi connectivity index (χ2n) is 7.18. The summed E-state index contributed by atoms with van der Waals surface area (Å²) in [4.78, 5) is 24.9. The van der Waals surface area contributed by atoms with Gasteiger partial charge in [-0.25, -0.2) is 0 Å². The van der Waals surface area contributed by atoms with Crippen LogP contribution in [0.3, 0.4) is 0 Å². The lowest BCUT2D eigenvalue weighted by molar-refractivity contribution is -0.123. The average molecular weight is 401 g/mol. The van der Waals surface area contributed by atoms with E-state index in [1.807, 2.05) is 30.3 Å². The number of hydrogen-bond donors (Lipinski definition) is 2. The van der Waals surface area contributed by atoms with E-state index in [-0.39, 0.29) is 17.2 Å². The zero-order chi connectivity index (χ0) is 20.0. The number of rotatable bonds is 6. The fourth-order valence-corrected chi connectivity index (χ4v) is 3.68. The van der Waals surface area contributed by atoms with Crippen LogP contribution in [0.4, 0.5) is 0 Å². The highest BCUT2D eigenvalue weighted by Gasteiger charge is 2.35. The number of halogens is 1. The smallest absolute Gasteiger partial charge is 0.251 e. The van der Waals surface area contributed by atoms with Gasteiger partial charge < -0.3 is 15.4 Å². The predicted molar refractivity (Wildman–Crippen MR) is 110 cm³/mol. The van der Waals surface area contributed by atoms with E-state index in [0.29, 0.717) is 30.3 Å². The van der Waals surface area contributed by atoms with E-state index in [1.165, 1.54) is 0 Å². The van der Waals surface area contributed by atoms with E-state index in [4.69, 9.17) is 16.3 Å². The largest absolute Gasteiger partial charge is 0.381 e. The molecule has 28 heavy (non-hydrogen) atoms. The number of benzene rings is 2. The molecule has 2 N–H and O–H groups in total. The first-order chi connectivity index (χ1) is 13.5. The first-order valence-corrected chi connectivity index (χ1v) is 9.85. The molecule has 0 aliphatic carbocycles. The number of ether oxygens (including phenoxy) is 1. The van der Waals surface area contributed by atoms with E-state index >= 15 is 0 Å². The van der Waals surface area contributed by atoms with Crippen molar-refractivity contribution in [3.05, 3.63) is 70.7 Å². The fourth-order valence-electron chi connectivity index (χ4n) is 3.49. The van der Waals surface area contributed by atoms with Crippen LogP contribution in [0.1, 0.15) is 35.7 Å². The first-order valence-electron chi connectivity index (χ1n) is 9.48. The van der Waals surface area contributed by atoms with Gasteiger partial charge in [-0.05, 0) is 49.6 Å². The topological polar surface area (TPSA) is 67.4 Å². The molecule has 1 fully saturated rings. The summed E-state index contributed by atoms with van der Waals surface area (Å²) in [5.74, 6) is -0.476. The molecule has 1 saturated heterocycles. The number of nitrogens with one attached hydrogen (secondary N) is 2. The standard InChI is InChI=1S/C22H25ClN2O3/c1-16(25-21(27)17-6-3-2-4-7-17)20(26)24-15-22(10-12-28-13-11-22)18-8-5-9-19(23)14-18/h2-9,14,16H,10-13,15H2,1H3,(H,24,26)(H,25,27). The summed E-state index contributed by atoms with van der Waals surface area (Å²) in [6.45, 7) is 3.44. The van der Waals surface area contributed by atoms with Gasteiger partial charge in [-0.1, -0.05) is 41.9 Å². The number of carbonyl (C=O) groups excluding carboxylic acids is 2. The van der Waals surface area contributed by atoms with Crippen molar-refractivity contribution in [3.63, 3.8) is 0 Å². The van der Waals surface area contributed by atoms with Crippen LogP contribution in [0, 0.1) is 0 Å². The van der Waals surface area contributed by atoms with Crippen molar-refractivity contribution in [2.45, 2.75) is 31.2 Å². The monoisotopic (exact) mass is 400 g/mol. The van der Waals surface area contributed by atoms with Gasteiger partial charge in [0.2, 0.25) is 5.91 Å². The normalized spacial score (nSPS) is 16.8. The summed E-state index contributed by atoms with van der Waals surface area (Å²) in [5, 5.41) is 6.44. The van der Waals surface area contributed by atoms with Crippen molar-refractivity contribution in [2.24, 2.45) is 0 Å². The van der Waals surface area contributed by atoms with Crippen LogP contribution in [0.5, 0.6) is 0 Å². The molecule has 0 radical (unpaired) electrons. The summed E-state index contributed by atoms with van der Waals surface area (Å²) >= 11 is 6.19. The van der Waals surface area contributed by atoms with Crippen molar-refractivity contribution >= 4 is 23.4 Å². The third kappa shape index (κ3) is 4.91. The maximum atomic E-state index is 12.6. The Balaban J connectivity index is 1.64. The molecule has 1 atom stereocenters. The van der Waals surface area contributed by atoms with E-state index in [0.717, 1.165) is 18.4 Å². The third-order valence-electron chi connectivity index (χ3n) is 5.26. The van der Waals surface area contributed by atoms with E-state index < -0.39 is 6.04 Å². The first kappa shape index (κ1) is 20.4. The van der Waals surface area contributed by atoms with Crippen molar-refractivity contribution in [1.82, 2.24) is 10.6 Å². The highest BCUT2D eigenvalue weighted by Crippen LogP contribution is 2.35. The van der Waals surface area contributed by atoms with Gasteiger partial charge in [0.05, 0.1) is 0 Å². The van der Waals surface area contributed by atoms with Gasteiger partial charge in [-0.2, -0.15) is 0 Å². The number of hydrogen-bond acceptors (Lipinski definition) is 3. The lowest BCUT2D eigenvalue weighted by Crippen LogP contribution is -2.50. The molecule has 1 unspecified atom stereocenters. The van der Waals surface area contributed by atoms with Crippen molar-refractivity contribution < 1.29 is 14.3 Å². The predicted octanol–water partition coefficient (Wildman–Crippen LogP) is 3.32. The molecule has 148 valence electrons. The summed E-state index contributed by atoms with van der Waals surface area (Å²) in [5.41, 5.74) is 1.41. The molecule has 1 aliphatic rings. The lowest BCUT2D eigenvalue weighted by Gasteiger charge is -2.38. The second kappa shape index (κ2) is 9.22. The minimum atomic E-state index is -0.635. The Kier molecular flexibility index (Phi) is 6.70. The van der Waals surface area contributed by atoms with E-state index in [1.54, 1.807) is 31.2 Å². The molecule has 3 rings (SSSR count). The second-order valence-corrected chi connectivity index (χ2v) is 7.62. The average Bonchev–Trinajstić information content (AvgIpc) is 2.73. The van der Waals surface area contributed by atoms with Gasteiger partial charge in [0.25, 0.3) is 5.91 Å². The highest BCUT2D eigenvalue weighted by molar-refractivity contribution is 6.30. The van der Waals surface area contributed by atoms with Crippen molar-refractivity contribution in [2.75, 3.05) is 19.8 Å². The fraction of sp³-hybridized carbons (Fsp3) is 0.364. The summed E-state index contributed by atoms with van der Waals surface area (Å²) in [7, 11) is 0. The zero-order valence-electron chi connectivity index (χ0n) is 15.9. The molecular formula is C22H25ClN2O3. The van der Waals surface area contributed by atoms with Crippen molar-refractivity contribution in [1.29, 1.82) is 0 Å². The molecular weight excluding hydrogens is 376 g/mol. The van der Waals surface area contributed by atoms with Crippen LogP contribution in [-0.2, 0) is 14.9 Å². The molecule has 0 bridgehead atoms. The summed E-state index contributed by atoms with van der Waals surface area (Å²) in [6.07, 6.45) is 1.61. The third-order valence-corrected chi connectivity index (χ3v) is 5.50. The van der Waals surface area contributed by atoms with Crippen LogP contribution in [-0.4, -0.2) is 37.6 Å². The van der Waals surface area contributed by atoms with E-state index in [9.17, 15) is 9.59 Å². The van der Waals surface area contributed by atoms with Crippen molar-refractivity contribution in [3.8, 4) is 0 Å². The van der Waals surface area contributed by atoms with Gasteiger partial charge >= 0.3 is 0 Å². The summed E-state index contributed by atoms with van der Waals surface area (Å²) < 4.78 is 5.53. The Morgan fingerprint density at radius 2 is 1.82 bits per heavy atom. The molecule has 2 amide bonds. The molecule has 0 spiro atoms. The van der Waals surface area contributed by atoms with Gasteiger partial charge in [0.1, 0.15) is 6.04 Å². The molecule has 2 aromatic carbocycles. The highest BCUT2D eigenvalue weighted by atomic mass is 35.5. The van der Waals surface area contributed by atoms with Crippen LogP contribution in [0.25, 0.3) is 0 Å². The molecule has 5 nitrogen and oxygen atoms in total. The molecule has 0 saturated carbocycles. The van der Waals surface area contributed by atoms with Gasteiger partial charge in [-0.3, -0.25) is 9.59 Å². The lowest BCUT2D eigenvalue weighted by atomic mass is 9.74. The zero-order valence-corrected chi connectivity index (χ0v) is 16.7. The van der Waals surface area contributed by atoms with E-state index in [2.05, 4.69) is 10.6 Å². The van der Waals surface area contributed by atoms with Crippen LogP contribution in [0.15, 0.2) is 54.6 Å². The maximum absolute atomic E-state index is 12.6. The summed E-state index contributed by atoms with van der Waals surface area (Å²) in [6, 6.07) is 16.0. The molecule has 0 aromatic heterocycles. The number of amides is 2. The Hall–Kier alpha value is -2.37. The van der Waals surface area contributed by atoms with Gasteiger partial charge in [0, 0.05) is 35.8 Å². The van der Waals surface area contributed by atoms with Gasteiger partial charge in [-0.15, -0.1) is 0 Å². The SMILES string of the molecule is CC(NC(=O)c1ccccc1)C(=O)NCC1(c2cccc(Cl)c2)CCOCC1.